The molecule has 2 amide bonds. The third-order valence-electron chi connectivity index (χ3n) is 4.69. The van der Waals surface area contributed by atoms with E-state index in [2.05, 4.69) is 5.32 Å². The predicted octanol–water partition coefficient (Wildman–Crippen LogP) is 4.91. The van der Waals surface area contributed by atoms with E-state index in [1.54, 1.807) is 12.0 Å². The smallest absolute Gasteiger partial charge is 0.243 e. The fourth-order valence-corrected chi connectivity index (χ4v) is 4.30. The second kappa shape index (κ2) is 12.6. The minimum atomic E-state index is -0.534. The summed E-state index contributed by atoms with van der Waals surface area (Å²) in [5.74, 6) is 1.48. The standard InChI is InChI=1S/C24H31ClN2O3S/c1-5-22(24(29)26-17(2)3)27(14-18-8-7-11-21(13-18)30-4)23(28)16-31-15-19-9-6-10-20(25)12-19/h6-13,17,22H,5,14-16H2,1-4H3,(H,26,29)/t22-/m1/s1. The van der Waals surface area contributed by atoms with Crippen molar-refractivity contribution in [2.45, 2.75) is 51.6 Å². The molecule has 7 heteroatoms. The van der Waals surface area contributed by atoms with Gasteiger partial charge in [0.25, 0.3) is 0 Å². The largest absolute Gasteiger partial charge is 0.497 e. The number of carbonyl (C=O) groups is 2. The van der Waals surface area contributed by atoms with Gasteiger partial charge in [0.2, 0.25) is 11.8 Å². The number of benzene rings is 2. The molecule has 168 valence electrons. The van der Waals surface area contributed by atoms with Crippen molar-refractivity contribution < 1.29 is 14.3 Å². The van der Waals surface area contributed by atoms with Gasteiger partial charge in [-0.15, -0.1) is 11.8 Å². The molecule has 0 spiro atoms. The molecule has 2 aromatic rings. The number of carbonyl (C=O) groups excluding carboxylic acids is 2. The summed E-state index contributed by atoms with van der Waals surface area (Å²) in [4.78, 5) is 27.7. The minimum absolute atomic E-state index is 0.00697. The lowest BCUT2D eigenvalue weighted by atomic mass is 10.1. The summed E-state index contributed by atoms with van der Waals surface area (Å²) >= 11 is 7.57. The van der Waals surface area contributed by atoms with E-state index >= 15 is 0 Å². The van der Waals surface area contributed by atoms with Crippen LogP contribution in [0.1, 0.15) is 38.3 Å². The van der Waals surface area contributed by atoms with Gasteiger partial charge in [-0.2, -0.15) is 0 Å². The third kappa shape index (κ3) is 8.11. The van der Waals surface area contributed by atoms with Gasteiger partial charge >= 0.3 is 0 Å². The van der Waals surface area contributed by atoms with Crippen LogP contribution in [0.4, 0.5) is 0 Å². The average Bonchev–Trinajstić information content (AvgIpc) is 2.73. The first-order valence-electron chi connectivity index (χ1n) is 10.4. The quantitative estimate of drug-likeness (QED) is 0.515. The van der Waals surface area contributed by atoms with Crippen LogP contribution in [0.2, 0.25) is 5.02 Å². The number of rotatable bonds is 11. The summed E-state index contributed by atoms with van der Waals surface area (Å²) in [5.41, 5.74) is 1.98. The summed E-state index contributed by atoms with van der Waals surface area (Å²) in [6.07, 6.45) is 0.535. The molecule has 0 aliphatic heterocycles. The van der Waals surface area contributed by atoms with Crippen LogP contribution in [0, 0.1) is 0 Å². The van der Waals surface area contributed by atoms with E-state index in [-0.39, 0.29) is 23.6 Å². The number of hydrogen-bond acceptors (Lipinski definition) is 4. The number of amides is 2. The van der Waals surface area contributed by atoms with Crippen molar-refractivity contribution in [1.29, 1.82) is 0 Å². The molecule has 0 saturated carbocycles. The first-order valence-corrected chi connectivity index (χ1v) is 11.9. The number of hydrogen-bond donors (Lipinski definition) is 1. The zero-order chi connectivity index (χ0) is 22.8. The van der Waals surface area contributed by atoms with E-state index in [9.17, 15) is 9.59 Å². The molecule has 0 unspecified atom stereocenters. The number of ether oxygens (including phenoxy) is 1. The van der Waals surface area contributed by atoms with Crippen molar-refractivity contribution in [2.24, 2.45) is 0 Å². The minimum Gasteiger partial charge on any atom is -0.497 e. The number of methoxy groups -OCH3 is 1. The lowest BCUT2D eigenvalue weighted by molar-refractivity contribution is -0.139. The summed E-state index contributed by atoms with van der Waals surface area (Å²) in [5, 5.41) is 3.63. The lowest BCUT2D eigenvalue weighted by Gasteiger charge is -2.31. The number of thioether (sulfide) groups is 1. The normalized spacial score (nSPS) is 11.8. The van der Waals surface area contributed by atoms with Gasteiger partial charge in [0, 0.05) is 23.4 Å². The van der Waals surface area contributed by atoms with E-state index in [4.69, 9.17) is 16.3 Å². The molecule has 0 bridgehead atoms. The van der Waals surface area contributed by atoms with Crippen LogP contribution in [0.5, 0.6) is 5.75 Å². The molecule has 0 aliphatic rings. The highest BCUT2D eigenvalue weighted by atomic mass is 35.5. The van der Waals surface area contributed by atoms with Crippen LogP contribution in [-0.2, 0) is 21.9 Å². The van der Waals surface area contributed by atoms with Crippen molar-refractivity contribution in [3.8, 4) is 5.75 Å². The Labute approximate surface area is 194 Å². The number of nitrogens with zero attached hydrogens (tertiary/aromatic N) is 1. The van der Waals surface area contributed by atoms with Crippen molar-refractivity contribution in [3.63, 3.8) is 0 Å². The SMILES string of the molecule is CC[C@H](C(=O)NC(C)C)N(Cc1cccc(OC)c1)C(=O)CSCc1cccc(Cl)c1. The maximum atomic E-state index is 13.2. The molecule has 1 N–H and O–H groups in total. The monoisotopic (exact) mass is 462 g/mol. The molecular weight excluding hydrogens is 432 g/mol. The Morgan fingerprint density at radius 2 is 1.84 bits per heavy atom. The number of halogens is 1. The van der Waals surface area contributed by atoms with E-state index in [1.165, 1.54) is 11.8 Å². The van der Waals surface area contributed by atoms with Crippen molar-refractivity contribution in [3.05, 3.63) is 64.7 Å². The zero-order valence-corrected chi connectivity index (χ0v) is 20.1. The number of nitrogens with one attached hydrogen (secondary N) is 1. The summed E-state index contributed by atoms with van der Waals surface area (Å²) in [6, 6.07) is 14.7. The second-order valence-electron chi connectivity index (χ2n) is 7.58. The summed E-state index contributed by atoms with van der Waals surface area (Å²) in [6.45, 7) is 6.10. The molecule has 31 heavy (non-hydrogen) atoms. The Balaban J connectivity index is 2.15. The molecule has 2 rings (SSSR count). The predicted molar refractivity (Wildman–Crippen MR) is 129 cm³/mol. The maximum Gasteiger partial charge on any atom is 0.243 e. The molecule has 5 nitrogen and oxygen atoms in total. The molecule has 0 aromatic heterocycles. The topological polar surface area (TPSA) is 58.6 Å². The van der Waals surface area contributed by atoms with Crippen molar-refractivity contribution in [1.82, 2.24) is 10.2 Å². The van der Waals surface area contributed by atoms with Crippen LogP contribution in [-0.4, -0.2) is 41.7 Å². The van der Waals surface area contributed by atoms with Gasteiger partial charge < -0.3 is 15.0 Å². The van der Waals surface area contributed by atoms with Gasteiger partial charge in [-0.1, -0.05) is 42.8 Å². The fraction of sp³-hybridized carbons (Fsp3) is 0.417. The molecular formula is C24H31ClN2O3S. The highest BCUT2D eigenvalue weighted by molar-refractivity contribution is 7.99. The Kier molecular flexibility index (Phi) is 10.2. The molecule has 1 atom stereocenters. The molecule has 0 saturated heterocycles. The van der Waals surface area contributed by atoms with Crippen molar-refractivity contribution >= 4 is 35.2 Å². The Morgan fingerprint density at radius 1 is 1.13 bits per heavy atom. The van der Waals surface area contributed by atoms with Gasteiger partial charge in [-0.25, -0.2) is 0 Å². The zero-order valence-electron chi connectivity index (χ0n) is 18.6. The van der Waals surface area contributed by atoms with Gasteiger partial charge in [-0.3, -0.25) is 9.59 Å². The first kappa shape index (κ1) is 25.1. The Hall–Kier alpha value is -2.18. The maximum absolute atomic E-state index is 13.2. The Morgan fingerprint density at radius 3 is 2.48 bits per heavy atom. The van der Waals surface area contributed by atoms with Crippen LogP contribution in [0.15, 0.2) is 48.5 Å². The fourth-order valence-electron chi connectivity index (χ4n) is 3.23. The Bertz CT molecular complexity index is 875. The van der Waals surface area contributed by atoms with E-state index < -0.39 is 6.04 Å². The van der Waals surface area contributed by atoms with Crippen LogP contribution in [0.3, 0.4) is 0 Å². The van der Waals surface area contributed by atoms with Gasteiger partial charge in [0.1, 0.15) is 11.8 Å². The van der Waals surface area contributed by atoms with Gasteiger partial charge in [0.05, 0.1) is 12.9 Å². The molecule has 0 aliphatic carbocycles. The van der Waals surface area contributed by atoms with E-state index in [0.29, 0.717) is 23.7 Å². The van der Waals surface area contributed by atoms with Crippen LogP contribution < -0.4 is 10.1 Å². The first-order chi connectivity index (χ1) is 14.8. The van der Waals surface area contributed by atoms with E-state index in [1.807, 2.05) is 69.3 Å². The highest BCUT2D eigenvalue weighted by Crippen LogP contribution is 2.20. The highest BCUT2D eigenvalue weighted by Gasteiger charge is 2.28. The molecule has 0 fully saturated rings. The third-order valence-corrected chi connectivity index (χ3v) is 5.91. The van der Waals surface area contributed by atoms with Gasteiger partial charge in [-0.05, 0) is 55.7 Å². The molecule has 2 aromatic carbocycles. The van der Waals surface area contributed by atoms with E-state index in [0.717, 1.165) is 16.9 Å². The summed E-state index contributed by atoms with van der Waals surface area (Å²) < 4.78 is 5.31. The van der Waals surface area contributed by atoms with Crippen molar-refractivity contribution in [2.75, 3.05) is 12.9 Å². The second-order valence-corrected chi connectivity index (χ2v) is 9.01. The average molecular weight is 463 g/mol. The lowest BCUT2D eigenvalue weighted by Crippen LogP contribution is -2.50. The van der Waals surface area contributed by atoms with Crippen LogP contribution >= 0.6 is 23.4 Å². The van der Waals surface area contributed by atoms with Crippen LogP contribution in [0.25, 0.3) is 0 Å². The summed E-state index contributed by atoms with van der Waals surface area (Å²) in [7, 11) is 1.61. The van der Waals surface area contributed by atoms with Gasteiger partial charge in [0.15, 0.2) is 0 Å². The molecule has 0 heterocycles. The molecule has 0 radical (unpaired) electrons.